The Hall–Kier alpha value is -2.95. The van der Waals surface area contributed by atoms with Crippen LogP contribution in [-0.4, -0.2) is 20.9 Å². The first-order chi connectivity index (χ1) is 12.7. The highest BCUT2D eigenvalue weighted by atomic mass is 16.1. The zero-order valence-corrected chi connectivity index (χ0v) is 14.8. The minimum Gasteiger partial charge on any atom is -0.370 e. The van der Waals surface area contributed by atoms with E-state index in [1.165, 1.54) is 5.56 Å². The molecule has 3 aromatic rings. The number of unbranched alkanes of at least 4 members (excludes halogenated alkanes) is 3. The number of rotatable bonds is 9. The molecule has 2 aromatic heterocycles. The van der Waals surface area contributed by atoms with E-state index in [2.05, 4.69) is 39.2 Å². The Labute approximate surface area is 153 Å². The summed E-state index contributed by atoms with van der Waals surface area (Å²) in [5.41, 5.74) is 9.64. The predicted molar refractivity (Wildman–Crippen MR) is 103 cm³/mol. The standard InChI is InChI=1S/C21H24N4O/c22-20(26)5-3-1-2-4-6-21-24-15-19(25-21)18-9-7-16(8-10-18)17-11-13-23-14-12-17/h7-15H,1-6H2,(H2,22,26)(H,24,25). The van der Waals surface area contributed by atoms with Gasteiger partial charge < -0.3 is 10.7 Å². The van der Waals surface area contributed by atoms with Gasteiger partial charge in [0.1, 0.15) is 5.82 Å². The van der Waals surface area contributed by atoms with Gasteiger partial charge in [-0.15, -0.1) is 0 Å². The Morgan fingerprint density at radius 3 is 2.27 bits per heavy atom. The molecule has 134 valence electrons. The molecule has 5 nitrogen and oxygen atoms in total. The smallest absolute Gasteiger partial charge is 0.217 e. The summed E-state index contributed by atoms with van der Waals surface area (Å²) in [6.45, 7) is 0. The van der Waals surface area contributed by atoms with E-state index >= 15 is 0 Å². The van der Waals surface area contributed by atoms with Crippen LogP contribution in [0.5, 0.6) is 0 Å². The van der Waals surface area contributed by atoms with Gasteiger partial charge in [-0.05, 0) is 41.7 Å². The Morgan fingerprint density at radius 2 is 1.54 bits per heavy atom. The molecule has 0 unspecified atom stereocenters. The van der Waals surface area contributed by atoms with Gasteiger partial charge in [0.15, 0.2) is 0 Å². The van der Waals surface area contributed by atoms with Gasteiger partial charge in [-0.1, -0.05) is 37.1 Å². The number of pyridine rings is 1. The fourth-order valence-electron chi connectivity index (χ4n) is 2.97. The Kier molecular flexibility index (Phi) is 6.14. The largest absolute Gasteiger partial charge is 0.370 e. The second-order valence-corrected chi connectivity index (χ2v) is 6.44. The number of nitrogens with two attached hydrogens (primary N) is 1. The minimum absolute atomic E-state index is 0.212. The SMILES string of the molecule is NC(=O)CCCCCCc1ncc(-c2ccc(-c3ccncc3)cc2)[nH]1. The van der Waals surface area contributed by atoms with Crippen LogP contribution in [0.2, 0.25) is 0 Å². The molecule has 26 heavy (non-hydrogen) atoms. The normalized spacial score (nSPS) is 10.8. The number of carbonyl (C=O) groups excluding carboxylic acids is 1. The number of nitrogens with one attached hydrogen (secondary N) is 1. The molecule has 1 amide bonds. The fraction of sp³-hybridized carbons (Fsp3) is 0.286. The number of carbonyl (C=O) groups is 1. The van der Waals surface area contributed by atoms with Crippen LogP contribution in [0.25, 0.3) is 22.4 Å². The molecule has 0 aliphatic rings. The van der Waals surface area contributed by atoms with Gasteiger partial charge in [0, 0.05) is 25.2 Å². The van der Waals surface area contributed by atoms with E-state index in [-0.39, 0.29) is 5.91 Å². The molecular weight excluding hydrogens is 324 g/mol. The van der Waals surface area contributed by atoms with Gasteiger partial charge in [0.2, 0.25) is 5.91 Å². The van der Waals surface area contributed by atoms with Gasteiger partial charge >= 0.3 is 0 Å². The second-order valence-electron chi connectivity index (χ2n) is 6.44. The number of primary amides is 1. The van der Waals surface area contributed by atoms with Crippen molar-refractivity contribution in [3.8, 4) is 22.4 Å². The van der Waals surface area contributed by atoms with Crippen molar-refractivity contribution in [1.29, 1.82) is 0 Å². The number of hydrogen-bond acceptors (Lipinski definition) is 3. The average Bonchev–Trinajstić information content (AvgIpc) is 3.14. The third kappa shape index (κ3) is 5.02. The molecule has 0 saturated carbocycles. The Bertz CT molecular complexity index is 825. The van der Waals surface area contributed by atoms with Crippen LogP contribution in [0.1, 0.15) is 37.9 Å². The molecule has 0 radical (unpaired) electrons. The summed E-state index contributed by atoms with van der Waals surface area (Å²) in [6, 6.07) is 12.5. The van der Waals surface area contributed by atoms with Crippen molar-refractivity contribution >= 4 is 5.91 Å². The van der Waals surface area contributed by atoms with Crippen molar-refractivity contribution in [2.24, 2.45) is 5.73 Å². The molecule has 3 N–H and O–H groups in total. The van der Waals surface area contributed by atoms with Crippen LogP contribution < -0.4 is 5.73 Å². The van der Waals surface area contributed by atoms with Crippen LogP contribution >= 0.6 is 0 Å². The van der Waals surface area contributed by atoms with Crippen molar-refractivity contribution in [3.63, 3.8) is 0 Å². The summed E-state index contributed by atoms with van der Waals surface area (Å²) in [5, 5.41) is 0. The maximum Gasteiger partial charge on any atom is 0.217 e. The summed E-state index contributed by atoms with van der Waals surface area (Å²) in [5.74, 6) is 0.795. The summed E-state index contributed by atoms with van der Waals surface area (Å²) in [4.78, 5) is 22.6. The lowest BCUT2D eigenvalue weighted by Gasteiger charge is -2.03. The number of nitrogens with zero attached hydrogens (tertiary/aromatic N) is 2. The van der Waals surface area contributed by atoms with Crippen LogP contribution in [0.4, 0.5) is 0 Å². The molecule has 0 bridgehead atoms. The number of imidazole rings is 1. The molecule has 5 heteroatoms. The monoisotopic (exact) mass is 348 g/mol. The van der Waals surface area contributed by atoms with Gasteiger partial charge in [0.25, 0.3) is 0 Å². The quantitative estimate of drug-likeness (QED) is 0.571. The molecule has 0 fully saturated rings. The number of benzene rings is 1. The third-order valence-electron chi connectivity index (χ3n) is 4.42. The zero-order valence-electron chi connectivity index (χ0n) is 14.8. The molecule has 0 atom stereocenters. The van der Waals surface area contributed by atoms with E-state index in [0.717, 1.165) is 54.7 Å². The molecule has 2 heterocycles. The van der Waals surface area contributed by atoms with Crippen molar-refractivity contribution in [2.75, 3.05) is 0 Å². The summed E-state index contributed by atoms with van der Waals surface area (Å²) in [6.07, 6.45) is 11.0. The van der Waals surface area contributed by atoms with Crippen molar-refractivity contribution in [3.05, 3.63) is 60.8 Å². The minimum atomic E-state index is -0.212. The first-order valence-corrected chi connectivity index (χ1v) is 9.05. The van der Waals surface area contributed by atoms with E-state index in [1.807, 2.05) is 18.3 Å². The molecular formula is C21H24N4O. The van der Waals surface area contributed by atoms with Gasteiger partial charge in [-0.3, -0.25) is 9.78 Å². The Morgan fingerprint density at radius 1 is 0.885 bits per heavy atom. The van der Waals surface area contributed by atoms with Crippen LogP contribution in [0.3, 0.4) is 0 Å². The highest BCUT2D eigenvalue weighted by Gasteiger charge is 2.05. The Balaban J connectivity index is 1.52. The van der Waals surface area contributed by atoms with Crippen molar-refractivity contribution in [1.82, 2.24) is 15.0 Å². The van der Waals surface area contributed by atoms with E-state index < -0.39 is 0 Å². The van der Waals surface area contributed by atoms with Crippen molar-refractivity contribution < 1.29 is 4.79 Å². The number of aryl methyl sites for hydroxylation is 1. The maximum absolute atomic E-state index is 10.7. The molecule has 1 aromatic carbocycles. The molecule has 0 aliphatic carbocycles. The second kappa shape index (κ2) is 8.94. The van der Waals surface area contributed by atoms with E-state index in [9.17, 15) is 4.79 Å². The number of aromatic amines is 1. The predicted octanol–water partition coefficient (Wildman–Crippen LogP) is 4.12. The highest BCUT2D eigenvalue weighted by molar-refractivity contribution is 5.73. The zero-order chi connectivity index (χ0) is 18.2. The average molecular weight is 348 g/mol. The molecule has 0 aliphatic heterocycles. The van der Waals surface area contributed by atoms with E-state index in [0.29, 0.717) is 6.42 Å². The fourth-order valence-corrected chi connectivity index (χ4v) is 2.97. The van der Waals surface area contributed by atoms with Crippen LogP contribution in [0, 0.1) is 0 Å². The number of hydrogen-bond donors (Lipinski definition) is 2. The topological polar surface area (TPSA) is 84.7 Å². The van der Waals surface area contributed by atoms with E-state index in [1.54, 1.807) is 12.4 Å². The van der Waals surface area contributed by atoms with Gasteiger partial charge in [0.05, 0.1) is 11.9 Å². The molecule has 0 spiro atoms. The maximum atomic E-state index is 10.7. The first kappa shape index (κ1) is 17.9. The molecule has 0 saturated heterocycles. The summed E-state index contributed by atoms with van der Waals surface area (Å²) >= 11 is 0. The summed E-state index contributed by atoms with van der Waals surface area (Å²) < 4.78 is 0. The third-order valence-corrected chi connectivity index (χ3v) is 4.42. The lowest BCUT2D eigenvalue weighted by Crippen LogP contribution is -2.09. The first-order valence-electron chi connectivity index (χ1n) is 9.05. The number of H-pyrrole nitrogens is 1. The highest BCUT2D eigenvalue weighted by Crippen LogP contribution is 2.23. The van der Waals surface area contributed by atoms with Gasteiger partial charge in [-0.25, -0.2) is 4.98 Å². The molecule has 3 rings (SSSR count). The lowest BCUT2D eigenvalue weighted by molar-refractivity contribution is -0.118. The van der Waals surface area contributed by atoms with Gasteiger partial charge in [-0.2, -0.15) is 0 Å². The van der Waals surface area contributed by atoms with Crippen LogP contribution in [0.15, 0.2) is 55.0 Å². The van der Waals surface area contributed by atoms with Crippen molar-refractivity contribution in [2.45, 2.75) is 38.5 Å². The summed E-state index contributed by atoms with van der Waals surface area (Å²) in [7, 11) is 0. The van der Waals surface area contributed by atoms with E-state index in [4.69, 9.17) is 5.73 Å². The number of amides is 1. The van der Waals surface area contributed by atoms with Crippen LogP contribution in [-0.2, 0) is 11.2 Å². The number of aromatic nitrogens is 3. The lowest BCUT2D eigenvalue weighted by atomic mass is 10.0.